The summed E-state index contributed by atoms with van der Waals surface area (Å²) < 4.78 is 29.5. The molecule has 11 heteroatoms. The molecule has 0 saturated carbocycles. The molecule has 0 radical (unpaired) electrons. The fourth-order valence-corrected chi connectivity index (χ4v) is 3.46. The zero-order valence-electron chi connectivity index (χ0n) is 13.3. The number of rotatable bonds is 4. The monoisotopic (exact) mass is 395 g/mol. The SMILES string of the molecule is COC(=O)NC(=S)Nc1ccc(S(=O)(=O)c2ccccc2)cc1[N+](=O)[O-]. The highest BCUT2D eigenvalue weighted by molar-refractivity contribution is 7.91. The van der Waals surface area contributed by atoms with Crippen molar-refractivity contribution in [2.24, 2.45) is 0 Å². The van der Waals surface area contributed by atoms with Crippen molar-refractivity contribution in [3.63, 3.8) is 0 Å². The highest BCUT2D eigenvalue weighted by atomic mass is 32.2. The zero-order chi connectivity index (χ0) is 19.3. The van der Waals surface area contributed by atoms with Gasteiger partial charge in [0.2, 0.25) is 9.84 Å². The number of carbonyl (C=O) groups is 1. The fourth-order valence-electron chi connectivity index (χ4n) is 1.97. The van der Waals surface area contributed by atoms with E-state index in [2.05, 4.69) is 15.4 Å². The standard InChI is InChI=1S/C15H13N3O6S2/c1-24-15(19)17-14(25)16-12-8-7-11(9-13(12)18(20)21)26(22,23)10-5-3-2-4-6-10/h2-9H,1H3,(H2,16,17,19,25). The summed E-state index contributed by atoms with van der Waals surface area (Å²) in [5.74, 6) is 0. The minimum atomic E-state index is -3.92. The molecule has 2 N–H and O–H groups in total. The van der Waals surface area contributed by atoms with Crippen LogP contribution in [-0.2, 0) is 14.6 Å². The molecule has 26 heavy (non-hydrogen) atoms. The molecule has 0 bridgehead atoms. The van der Waals surface area contributed by atoms with E-state index in [-0.39, 0.29) is 20.6 Å². The number of hydrogen-bond donors (Lipinski definition) is 2. The first-order chi connectivity index (χ1) is 12.3. The van der Waals surface area contributed by atoms with Crippen molar-refractivity contribution in [1.29, 1.82) is 0 Å². The quantitative estimate of drug-likeness (QED) is 0.459. The molecule has 0 spiro atoms. The van der Waals surface area contributed by atoms with Crippen molar-refractivity contribution in [2.75, 3.05) is 12.4 Å². The topological polar surface area (TPSA) is 128 Å². The highest BCUT2D eigenvalue weighted by Gasteiger charge is 2.23. The van der Waals surface area contributed by atoms with Crippen molar-refractivity contribution >= 4 is 44.6 Å². The lowest BCUT2D eigenvalue weighted by atomic mass is 10.2. The van der Waals surface area contributed by atoms with Crippen molar-refractivity contribution in [3.8, 4) is 0 Å². The van der Waals surface area contributed by atoms with E-state index in [1.807, 2.05) is 0 Å². The molecular weight excluding hydrogens is 382 g/mol. The second-order valence-corrected chi connectivity index (χ2v) is 7.18. The Morgan fingerprint density at radius 1 is 1.15 bits per heavy atom. The minimum Gasteiger partial charge on any atom is -0.453 e. The molecule has 136 valence electrons. The van der Waals surface area contributed by atoms with Gasteiger partial charge in [-0.1, -0.05) is 18.2 Å². The molecule has 0 saturated heterocycles. The minimum absolute atomic E-state index is 0.0119. The molecule has 0 aliphatic heterocycles. The molecule has 0 aromatic heterocycles. The first-order valence-electron chi connectivity index (χ1n) is 7.00. The number of alkyl carbamates (subject to hydrolysis) is 1. The average molecular weight is 395 g/mol. The van der Waals surface area contributed by atoms with Gasteiger partial charge < -0.3 is 10.1 Å². The van der Waals surface area contributed by atoms with Crippen molar-refractivity contribution in [1.82, 2.24) is 5.32 Å². The summed E-state index contributed by atoms with van der Waals surface area (Å²) in [6, 6.07) is 10.9. The van der Waals surface area contributed by atoms with Crippen LogP contribution < -0.4 is 10.6 Å². The van der Waals surface area contributed by atoms with Crippen LogP contribution in [0.25, 0.3) is 0 Å². The summed E-state index contributed by atoms with van der Waals surface area (Å²) in [7, 11) is -2.79. The summed E-state index contributed by atoms with van der Waals surface area (Å²) in [5, 5.41) is 15.7. The molecule has 9 nitrogen and oxygen atoms in total. The van der Waals surface area contributed by atoms with Gasteiger partial charge >= 0.3 is 6.09 Å². The van der Waals surface area contributed by atoms with E-state index in [9.17, 15) is 23.3 Å². The van der Waals surface area contributed by atoms with Gasteiger partial charge in [-0.3, -0.25) is 15.4 Å². The third-order valence-electron chi connectivity index (χ3n) is 3.18. The second kappa shape index (κ2) is 7.89. The van der Waals surface area contributed by atoms with Crippen LogP contribution in [0.15, 0.2) is 58.3 Å². The first-order valence-corrected chi connectivity index (χ1v) is 8.89. The van der Waals surface area contributed by atoms with Crippen LogP contribution in [0.1, 0.15) is 0 Å². The number of sulfone groups is 1. The highest BCUT2D eigenvalue weighted by Crippen LogP contribution is 2.30. The lowest BCUT2D eigenvalue weighted by Crippen LogP contribution is -2.34. The van der Waals surface area contributed by atoms with E-state index in [0.29, 0.717) is 0 Å². The predicted octanol–water partition coefficient (Wildman–Crippen LogP) is 2.48. The van der Waals surface area contributed by atoms with E-state index < -0.39 is 26.5 Å². The van der Waals surface area contributed by atoms with Gasteiger partial charge in [-0.05, 0) is 36.5 Å². The van der Waals surface area contributed by atoms with Crippen LogP contribution in [-0.4, -0.2) is 31.7 Å². The maximum Gasteiger partial charge on any atom is 0.413 e. The Bertz CT molecular complexity index is 961. The molecule has 0 aliphatic rings. The number of anilines is 1. The summed E-state index contributed by atoms with van der Waals surface area (Å²) in [6.45, 7) is 0. The van der Waals surface area contributed by atoms with E-state index in [1.165, 1.54) is 24.3 Å². The largest absolute Gasteiger partial charge is 0.453 e. The van der Waals surface area contributed by atoms with Gasteiger partial charge in [-0.2, -0.15) is 0 Å². The number of nitro benzene ring substituents is 1. The molecule has 0 fully saturated rings. The molecule has 0 atom stereocenters. The van der Waals surface area contributed by atoms with E-state index in [0.717, 1.165) is 13.2 Å². The number of nitrogens with one attached hydrogen (secondary N) is 2. The number of nitro groups is 1. The Morgan fingerprint density at radius 3 is 2.38 bits per heavy atom. The molecule has 0 unspecified atom stereocenters. The van der Waals surface area contributed by atoms with Crippen molar-refractivity contribution in [3.05, 3.63) is 58.6 Å². The summed E-state index contributed by atoms with van der Waals surface area (Å²) in [5.41, 5.74) is -0.598. The molecule has 2 aromatic carbocycles. The number of nitrogens with zero attached hydrogens (tertiary/aromatic N) is 1. The maximum atomic E-state index is 12.6. The van der Waals surface area contributed by atoms with Crippen molar-refractivity contribution < 1.29 is 22.9 Å². The van der Waals surface area contributed by atoms with Crippen LogP contribution in [0.3, 0.4) is 0 Å². The third kappa shape index (κ3) is 4.32. The Hall–Kier alpha value is -3.05. The van der Waals surface area contributed by atoms with Gasteiger partial charge in [-0.25, -0.2) is 13.2 Å². The number of ether oxygens (including phenoxy) is 1. The molecule has 1 amide bonds. The molecule has 0 heterocycles. The third-order valence-corrected chi connectivity index (χ3v) is 5.15. The van der Waals surface area contributed by atoms with Crippen LogP contribution in [0.2, 0.25) is 0 Å². The molecular formula is C15H13N3O6S2. The average Bonchev–Trinajstić information content (AvgIpc) is 2.62. The van der Waals surface area contributed by atoms with Crippen LogP contribution >= 0.6 is 12.2 Å². The smallest absolute Gasteiger partial charge is 0.413 e. The first kappa shape index (κ1) is 19.3. The summed E-state index contributed by atoms with van der Waals surface area (Å²) in [4.78, 5) is 21.4. The van der Waals surface area contributed by atoms with Crippen molar-refractivity contribution in [2.45, 2.75) is 9.79 Å². The van der Waals surface area contributed by atoms with E-state index in [4.69, 9.17) is 12.2 Å². The number of carbonyl (C=O) groups excluding carboxylic acids is 1. The Kier molecular flexibility index (Phi) is 5.85. The van der Waals surface area contributed by atoms with Crippen LogP contribution in [0.4, 0.5) is 16.2 Å². The number of hydrogen-bond acceptors (Lipinski definition) is 7. The van der Waals surface area contributed by atoms with Gasteiger partial charge in [0.15, 0.2) is 5.11 Å². The molecule has 2 rings (SSSR count). The maximum absolute atomic E-state index is 12.6. The molecule has 2 aromatic rings. The Balaban J connectivity index is 2.39. The lowest BCUT2D eigenvalue weighted by molar-refractivity contribution is -0.384. The Morgan fingerprint density at radius 2 is 1.81 bits per heavy atom. The zero-order valence-corrected chi connectivity index (χ0v) is 15.0. The number of thiocarbonyl (C=S) groups is 1. The van der Waals surface area contributed by atoms with E-state index in [1.54, 1.807) is 18.2 Å². The van der Waals surface area contributed by atoms with E-state index >= 15 is 0 Å². The lowest BCUT2D eigenvalue weighted by Gasteiger charge is -2.10. The fraction of sp³-hybridized carbons (Fsp3) is 0.0667. The number of benzene rings is 2. The Labute approximate surface area is 154 Å². The summed E-state index contributed by atoms with van der Waals surface area (Å²) >= 11 is 4.84. The van der Waals surface area contributed by atoms with Crippen LogP contribution in [0.5, 0.6) is 0 Å². The molecule has 0 aliphatic carbocycles. The van der Waals surface area contributed by atoms with Gasteiger partial charge in [0, 0.05) is 6.07 Å². The van der Waals surface area contributed by atoms with Crippen LogP contribution in [0, 0.1) is 10.1 Å². The van der Waals surface area contributed by atoms with Gasteiger partial charge in [0.05, 0.1) is 21.8 Å². The normalized spacial score (nSPS) is 10.7. The second-order valence-electron chi connectivity index (χ2n) is 4.82. The van der Waals surface area contributed by atoms with Gasteiger partial charge in [0.1, 0.15) is 5.69 Å². The van der Waals surface area contributed by atoms with Gasteiger partial charge in [0.25, 0.3) is 5.69 Å². The summed E-state index contributed by atoms with van der Waals surface area (Å²) in [6.07, 6.45) is -0.853. The van der Waals surface area contributed by atoms with Gasteiger partial charge in [-0.15, -0.1) is 0 Å². The predicted molar refractivity (Wildman–Crippen MR) is 96.8 cm³/mol. The number of amides is 1. The number of methoxy groups -OCH3 is 1.